The molecule has 130 valence electrons. The first-order valence-corrected chi connectivity index (χ1v) is 7.96. The fourth-order valence-electron chi connectivity index (χ4n) is 2.24. The Morgan fingerprint density at radius 2 is 1.64 bits per heavy atom. The molecule has 2 N–H and O–H groups in total. The van der Waals surface area contributed by atoms with Gasteiger partial charge in [-0.15, -0.1) is 0 Å². The molecule has 2 amide bonds. The first-order valence-electron chi connectivity index (χ1n) is 7.96. The molecule has 0 fully saturated rings. The van der Waals surface area contributed by atoms with Crippen LogP contribution in [0.15, 0.2) is 48.5 Å². The summed E-state index contributed by atoms with van der Waals surface area (Å²) in [6.45, 7) is 2.12. The first kappa shape index (κ1) is 18.1. The molecule has 2 aromatic carbocycles. The van der Waals surface area contributed by atoms with Crippen LogP contribution in [0.3, 0.4) is 0 Å². The van der Waals surface area contributed by atoms with E-state index in [1.165, 1.54) is 24.3 Å². The number of carbonyl (C=O) groups excluding carboxylic acids is 2. The number of rotatable bonds is 6. The standard InChI is InChI=1S/C18H19N3O4/c1-2-3-6-13-9-11-14(12-10-13)19-17(22)18(23)20-15-7-4-5-8-16(15)21(24)25/h4-5,7-12H,2-3,6H2,1H3,(H,19,22)(H,20,23). The highest BCUT2D eigenvalue weighted by molar-refractivity contribution is 6.43. The van der Waals surface area contributed by atoms with Gasteiger partial charge in [0.05, 0.1) is 4.92 Å². The fourth-order valence-corrected chi connectivity index (χ4v) is 2.24. The Morgan fingerprint density at radius 1 is 1.00 bits per heavy atom. The number of unbranched alkanes of at least 4 members (excludes halogenated alkanes) is 1. The molecule has 2 aromatic rings. The molecule has 0 saturated heterocycles. The van der Waals surface area contributed by atoms with Crippen molar-refractivity contribution in [3.63, 3.8) is 0 Å². The Labute approximate surface area is 145 Å². The molecule has 0 heterocycles. The summed E-state index contributed by atoms with van der Waals surface area (Å²) in [5.41, 5.74) is 1.35. The van der Waals surface area contributed by atoms with E-state index in [4.69, 9.17) is 0 Å². The molecular formula is C18H19N3O4. The van der Waals surface area contributed by atoms with Crippen molar-refractivity contribution in [1.82, 2.24) is 0 Å². The van der Waals surface area contributed by atoms with E-state index in [-0.39, 0.29) is 11.4 Å². The van der Waals surface area contributed by atoms with Gasteiger partial charge in [0.1, 0.15) is 5.69 Å². The molecule has 25 heavy (non-hydrogen) atoms. The Hall–Kier alpha value is -3.22. The predicted octanol–water partition coefficient (Wildman–Crippen LogP) is 3.51. The molecule has 0 atom stereocenters. The number of nitro groups is 1. The van der Waals surface area contributed by atoms with Crippen molar-refractivity contribution >= 4 is 28.9 Å². The van der Waals surface area contributed by atoms with E-state index in [1.54, 1.807) is 12.1 Å². The van der Waals surface area contributed by atoms with Crippen LogP contribution in [-0.2, 0) is 16.0 Å². The van der Waals surface area contributed by atoms with E-state index in [1.807, 2.05) is 12.1 Å². The molecule has 0 aliphatic carbocycles. The second-order valence-electron chi connectivity index (χ2n) is 5.48. The molecule has 2 rings (SSSR count). The smallest absolute Gasteiger partial charge is 0.314 e. The van der Waals surface area contributed by atoms with E-state index in [2.05, 4.69) is 17.6 Å². The third-order valence-electron chi connectivity index (χ3n) is 3.59. The summed E-state index contributed by atoms with van der Waals surface area (Å²) in [5, 5.41) is 15.7. The molecule has 7 nitrogen and oxygen atoms in total. The minimum Gasteiger partial charge on any atom is -0.318 e. The number of nitrogens with zero attached hydrogens (tertiary/aromatic N) is 1. The lowest BCUT2D eigenvalue weighted by molar-refractivity contribution is -0.383. The van der Waals surface area contributed by atoms with E-state index in [0.717, 1.165) is 24.8 Å². The molecule has 0 unspecified atom stereocenters. The number of nitro benzene ring substituents is 1. The summed E-state index contributed by atoms with van der Waals surface area (Å²) in [4.78, 5) is 34.2. The number of para-hydroxylation sites is 2. The molecule has 0 bridgehead atoms. The van der Waals surface area contributed by atoms with Crippen molar-refractivity contribution in [2.24, 2.45) is 0 Å². The highest BCUT2D eigenvalue weighted by atomic mass is 16.6. The van der Waals surface area contributed by atoms with Gasteiger partial charge >= 0.3 is 11.8 Å². The monoisotopic (exact) mass is 341 g/mol. The minimum atomic E-state index is -0.968. The van der Waals surface area contributed by atoms with Gasteiger partial charge in [-0.1, -0.05) is 37.6 Å². The van der Waals surface area contributed by atoms with Gasteiger partial charge in [-0.2, -0.15) is 0 Å². The Bertz CT molecular complexity index is 772. The van der Waals surface area contributed by atoms with Crippen LogP contribution in [0.2, 0.25) is 0 Å². The normalized spacial score (nSPS) is 10.1. The van der Waals surface area contributed by atoms with E-state index in [9.17, 15) is 19.7 Å². The second-order valence-corrected chi connectivity index (χ2v) is 5.48. The average molecular weight is 341 g/mol. The number of aryl methyl sites for hydroxylation is 1. The molecular weight excluding hydrogens is 322 g/mol. The number of anilines is 2. The first-order chi connectivity index (χ1) is 12.0. The zero-order chi connectivity index (χ0) is 18.2. The maximum atomic E-state index is 12.0. The van der Waals surface area contributed by atoms with Crippen molar-refractivity contribution in [3.05, 3.63) is 64.2 Å². The van der Waals surface area contributed by atoms with Crippen molar-refractivity contribution in [1.29, 1.82) is 0 Å². The molecule has 0 spiro atoms. The van der Waals surface area contributed by atoms with Crippen LogP contribution >= 0.6 is 0 Å². The van der Waals surface area contributed by atoms with Crippen LogP contribution in [0.5, 0.6) is 0 Å². The Morgan fingerprint density at radius 3 is 2.28 bits per heavy atom. The van der Waals surface area contributed by atoms with E-state index in [0.29, 0.717) is 5.69 Å². The number of nitrogens with one attached hydrogen (secondary N) is 2. The maximum Gasteiger partial charge on any atom is 0.314 e. The number of amides is 2. The summed E-state index contributed by atoms with van der Waals surface area (Å²) in [7, 11) is 0. The number of hydrogen-bond donors (Lipinski definition) is 2. The minimum absolute atomic E-state index is 0.0254. The largest absolute Gasteiger partial charge is 0.318 e. The average Bonchev–Trinajstić information content (AvgIpc) is 2.61. The summed E-state index contributed by atoms with van der Waals surface area (Å²) in [6, 6.07) is 12.9. The van der Waals surface area contributed by atoms with Crippen molar-refractivity contribution in [2.75, 3.05) is 10.6 Å². The summed E-state index contributed by atoms with van der Waals surface area (Å²) in [5.74, 6) is -1.86. The zero-order valence-corrected chi connectivity index (χ0v) is 13.8. The molecule has 0 radical (unpaired) electrons. The van der Waals surface area contributed by atoms with Gasteiger partial charge in [0.25, 0.3) is 5.69 Å². The fraction of sp³-hybridized carbons (Fsp3) is 0.222. The molecule has 0 saturated carbocycles. The molecule has 0 aliphatic rings. The van der Waals surface area contributed by atoms with Crippen molar-refractivity contribution < 1.29 is 14.5 Å². The third kappa shape index (κ3) is 5.13. The van der Waals surface area contributed by atoms with Gasteiger partial charge in [0.15, 0.2) is 0 Å². The second kappa shape index (κ2) is 8.58. The van der Waals surface area contributed by atoms with Crippen LogP contribution in [0.1, 0.15) is 25.3 Å². The predicted molar refractivity (Wildman–Crippen MR) is 95.4 cm³/mol. The highest BCUT2D eigenvalue weighted by Gasteiger charge is 2.19. The number of carbonyl (C=O) groups is 2. The van der Waals surface area contributed by atoms with Crippen LogP contribution in [-0.4, -0.2) is 16.7 Å². The highest BCUT2D eigenvalue weighted by Crippen LogP contribution is 2.23. The van der Waals surface area contributed by atoms with E-state index < -0.39 is 16.7 Å². The van der Waals surface area contributed by atoms with Crippen LogP contribution in [0.4, 0.5) is 17.1 Å². The van der Waals surface area contributed by atoms with Crippen LogP contribution in [0, 0.1) is 10.1 Å². The Kier molecular flexibility index (Phi) is 6.22. The lowest BCUT2D eigenvalue weighted by atomic mass is 10.1. The molecule has 0 aromatic heterocycles. The number of benzene rings is 2. The van der Waals surface area contributed by atoms with Crippen molar-refractivity contribution in [2.45, 2.75) is 26.2 Å². The molecule has 0 aliphatic heterocycles. The van der Waals surface area contributed by atoms with Crippen molar-refractivity contribution in [3.8, 4) is 0 Å². The van der Waals surface area contributed by atoms with Gasteiger partial charge < -0.3 is 10.6 Å². The van der Waals surface area contributed by atoms with Gasteiger partial charge in [-0.25, -0.2) is 0 Å². The third-order valence-corrected chi connectivity index (χ3v) is 3.59. The van der Waals surface area contributed by atoms with Crippen LogP contribution in [0.25, 0.3) is 0 Å². The topological polar surface area (TPSA) is 101 Å². The van der Waals surface area contributed by atoms with Gasteiger partial charge in [0.2, 0.25) is 0 Å². The number of hydrogen-bond acceptors (Lipinski definition) is 4. The van der Waals surface area contributed by atoms with Gasteiger partial charge in [-0.3, -0.25) is 19.7 Å². The SMILES string of the molecule is CCCCc1ccc(NC(=O)C(=O)Nc2ccccc2[N+](=O)[O-])cc1. The lowest BCUT2D eigenvalue weighted by Gasteiger charge is -2.08. The van der Waals surface area contributed by atoms with E-state index >= 15 is 0 Å². The summed E-state index contributed by atoms with van der Waals surface area (Å²) >= 11 is 0. The Balaban J connectivity index is 1.99. The zero-order valence-electron chi connectivity index (χ0n) is 13.8. The summed E-state index contributed by atoms with van der Waals surface area (Å²) < 4.78 is 0. The van der Waals surface area contributed by atoms with Gasteiger partial charge in [0, 0.05) is 11.8 Å². The quantitative estimate of drug-likeness (QED) is 0.477. The summed E-state index contributed by atoms with van der Waals surface area (Å²) in [6.07, 6.45) is 3.15. The lowest BCUT2D eigenvalue weighted by Crippen LogP contribution is -2.29. The van der Waals surface area contributed by atoms with Gasteiger partial charge in [-0.05, 0) is 36.6 Å². The van der Waals surface area contributed by atoms with Crippen LogP contribution < -0.4 is 10.6 Å². The maximum absolute atomic E-state index is 12.0. The molecule has 7 heteroatoms.